The molecule has 0 unspecified atom stereocenters. The summed E-state index contributed by atoms with van der Waals surface area (Å²) >= 11 is 0. The Morgan fingerprint density at radius 3 is 1.38 bits per heavy atom. The predicted octanol–water partition coefficient (Wildman–Crippen LogP) is 3.81. The highest BCUT2D eigenvalue weighted by Gasteiger charge is 2.10. The molecule has 0 fully saturated rings. The van der Waals surface area contributed by atoms with Crippen molar-refractivity contribution >= 4 is 11.4 Å². The van der Waals surface area contributed by atoms with Gasteiger partial charge in [0.25, 0.3) is 0 Å². The predicted molar refractivity (Wildman–Crippen MR) is 66.7 cm³/mol. The van der Waals surface area contributed by atoms with E-state index in [-0.39, 0.29) is 0 Å². The topological polar surface area (TPSA) is 65.2 Å². The summed E-state index contributed by atoms with van der Waals surface area (Å²) in [7, 11) is 0. The van der Waals surface area contributed by atoms with Crippen LogP contribution in [0.15, 0.2) is 10.3 Å². The molecule has 0 aliphatic heterocycles. The third-order valence-corrected chi connectivity index (χ3v) is 2.61. The van der Waals surface area contributed by atoms with Crippen LogP contribution in [0.5, 0.6) is 0 Å². The molecule has 0 aliphatic rings. The van der Waals surface area contributed by atoms with Gasteiger partial charge in [0.15, 0.2) is 0 Å². The van der Waals surface area contributed by atoms with Crippen molar-refractivity contribution in [3.8, 4) is 0 Å². The fourth-order valence-electron chi connectivity index (χ4n) is 1.59. The summed E-state index contributed by atoms with van der Waals surface area (Å²) < 4.78 is 0. The van der Waals surface area contributed by atoms with Gasteiger partial charge in [-0.05, 0) is 25.7 Å². The lowest BCUT2D eigenvalue weighted by Crippen LogP contribution is -2.14. The van der Waals surface area contributed by atoms with Crippen molar-refractivity contribution in [2.75, 3.05) is 0 Å². The van der Waals surface area contributed by atoms with Crippen LogP contribution in [0.4, 0.5) is 0 Å². The van der Waals surface area contributed by atoms with Crippen LogP contribution in [0.2, 0.25) is 0 Å². The summed E-state index contributed by atoms with van der Waals surface area (Å²) in [5, 5.41) is 24.2. The molecule has 0 radical (unpaired) electrons. The zero-order valence-electron chi connectivity index (χ0n) is 10.4. The van der Waals surface area contributed by atoms with Gasteiger partial charge in [-0.15, -0.1) is 0 Å². The average molecular weight is 228 g/mol. The van der Waals surface area contributed by atoms with Gasteiger partial charge in [0.1, 0.15) is 11.4 Å². The molecule has 0 bridgehead atoms. The molecule has 2 N–H and O–H groups in total. The average Bonchev–Trinajstić information content (AvgIpc) is 2.31. The molecule has 0 saturated heterocycles. The molecule has 16 heavy (non-hydrogen) atoms. The van der Waals surface area contributed by atoms with Crippen molar-refractivity contribution in [1.29, 1.82) is 0 Å². The van der Waals surface area contributed by atoms with E-state index in [2.05, 4.69) is 24.2 Å². The van der Waals surface area contributed by atoms with Gasteiger partial charge in [-0.1, -0.05) is 49.8 Å². The van der Waals surface area contributed by atoms with Crippen molar-refractivity contribution in [2.45, 2.75) is 65.2 Å². The van der Waals surface area contributed by atoms with Crippen LogP contribution in [0, 0.1) is 0 Å². The molecule has 0 amide bonds. The van der Waals surface area contributed by atoms with Crippen LogP contribution in [-0.2, 0) is 0 Å². The number of hydrogen-bond acceptors (Lipinski definition) is 4. The Labute approximate surface area is 98.0 Å². The Morgan fingerprint density at radius 1 is 0.750 bits per heavy atom. The third-order valence-electron chi connectivity index (χ3n) is 2.61. The SMILES string of the molecule is CCCCCC(=NO)C(CCCCC)=NO. The standard InChI is InChI=1S/C12H24N2O2/c1-3-5-7-9-11(13-15)12(14-16)10-8-6-4-2/h15-16H,3-10H2,1-2H3. The molecule has 0 rings (SSSR count). The minimum absolute atomic E-state index is 0.534. The molecule has 4 nitrogen and oxygen atoms in total. The molecule has 0 aromatic carbocycles. The van der Waals surface area contributed by atoms with Crippen molar-refractivity contribution in [1.82, 2.24) is 0 Å². The van der Waals surface area contributed by atoms with E-state index in [1.807, 2.05) is 0 Å². The Hall–Kier alpha value is -1.06. The highest BCUT2D eigenvalue weighted by molar-refractivity contribution is 6.42. The Morgan fingerprint density at radius 2 is 1.12 bits per heavy atom. The van der Waals surface area contributed by atoms with Gasteiger partial charge in [-0.3, -0.25) is 0 Å². The lowest BCUT2D eigenvalue weighted by molar-refractivity contribution is 0.312. The summed E-state index contributed by atoms with van der Waals surface area (Å²) in [4.78, 5) is 0. The first-order valence-electron chi connectivity index (χ1n) is 6.22. The molecule has 0 saturated carbocycles. The van der Waals surface area contributed by atoms with Crippen molar-refractivity contribution in [3.63, 3.8) is 0 Å². The van der Waals surface area contributed by atoms with Crippen molar-refractivity contribution in [3.05, 3.63) is 0 Å². The van der Waals surface area contributed by atoms with Crippen LogP contribution in [0.3, 0.4) is 0 Å². The summed E-state index contributed by atoms with van der Waals surface area (Å²) in [5.41, 5.74) is 1.07. The number of rotatable bonds is 9. The van der Waals surface area contributed by atoms with Crippen LogP contribution in [0.25, 0.3) is 0 Å². The number of oxime groups is 2. The highest BCUT2D eigenvalue weighted by atomic mass is 16.4. The monoisotopic (exact) mass is 228 g/mol. The van der Waals surface area contributed by atoms with E-state index in [9.17, 15) is 0 Å². The second kappa shape index (κ2) is 10.5. The smallest absolute Gasteiger partial charge is 0.104 e. The quantitative estimate of drug-likeness (QED) is 0.273. The van der Waals surface area contributed by atoms with Crippen LogP contribution in [-0.4, -0.2) is 21.8 Å². The molecule has 94 valence electrons. The van der Waals surface area contributed by atoms with Gasteiger partial charge in [0.2, 0.25) is 0 Å². The van der Waals surface area contributed by atoms with Crippen LogP contribution < -0.4 is 0 Å². The zero-order valence-corrected chi connectivity index (χ0v) is 10.4. The minimum atomic E-state index is 0.534. The first kappa shape index (κ1) is 14.9. The van der Waals surface area contributed by atoms with Crippen LogP contribution in [0.1, 0.15) is 65.2 Å². The molecular weight excluding hydrogens is 204 g/mol. The Balaban J connectivity index is 4.09. The van der Waals surface area contributed by atoms with Crippen LogP contribution >= 0.6 is 0 Å². The fraction of sp³-hybridized carbons (Fsp3) is 0.833. The Bertz CT molecular complexity index is 201. The highest BCUT2D eigenvalue weighted by Crippen LogP contribution is 2.07. The number of nitrogens with zero attached hydrogens (tertiary/aromatic N) is 2. The maximum absolute atomic E-state index is 8.88. The normalized spacial score (nSPS) is 13.1. The van der Waals surface area contributed by atoms with Gasteiger partial charge in [0, 0.05) is 0 Å². The third kappa shape index (κ3) is 6.43. The number of unbranched alkanes of at least 4 members (excludes halogenated alkanes) is 4. The minimum Gasteiger partial charge on any atom is -0.411 e. The molecule has 0 aromatic heterocycles. The Kier molecular flexibility index (Phi) is 9.76. The van der Waals surface area contributed by atoms with E-state index >= 15 is 0 Å². The first-order chi connectivity index (χ1) is 7.79. The van der Waals surface area contributed by atoms with Gasteiger partial charge < -0.3 is 10.4 Å². The second-order valence-electron chi connectivity index (χ2n) is 4.01. The first-order valence-corrected chi connectivity index (χ1v) is 6.22. The van der Waals surface area contributed by atoms with E-state index in [0.29, 0.717) is 24.3 Å². The molecule has 4 heteroatoms. The van der Waals surface area contributed by atoms with E-state index in [1.54, 1.807) is 0 Å². The van der Waals surface area contributed by atoms with Gasteiger partial charge in [-0.25, -0.2) is 0 Å². The molecular formula is C12H24N2O2. The van der Waals surface area contributed by atoms with E-state index < -0.39 is 0 Å². The van der Waals surface area contributed by atoms with Crippen molar-refractivity contribution < 1.29 is 10.4 Å². The van der Waals surface area contributed by atoms with E-state index in [4.69, 9.17) is 10.4 Å². The zero-order chi connectivity index (χ0) is 12.2. The van der Waals surface area contributed by atoms with Gasteiger partial charge in [0.05, 0.1) is 0 Å². The fourth-order valence-corrected chi connectivity index (χ4v) is 1.59. The molecule has 0 heterocycles. The maximum Gasteiger partial charge on any atom is 0.104 e. The largest absolute Gasteiger partial charge is 0.411 e. The molecule has 0 aliphatic carbocycles. The number of hydrogen-bond donors (Lipinski definition) is 2. The van der Waals surface area contributed by atoms with Gasteiger partial charge in [-0.2, -0.15) is 0 Å². The van der Waals surface area contributed by atoms with Gasteiger partial charge >= 0.3 is 0 Å². The lowest BCUT2D eigenvalue weighted by Gasteiger charge is -2.06. The molecule has 0 spiro atoms. The van der Waals surface area contributed by atoms with E-state index in [1.165, 1.54) is 0 Å². The molecule has 0 atom stereocenters. The maximum atomic E-state index is 8.88. The summed E-state index contributed by atoms with van der Waals surface area (Å²) in [5.74, 6) is 0. The summed E-state index contributed by atoms with van der Waals surface area (Å²) in [6.07, 6.45) is 7.79. The summed E-state index contributed by atoms with van der Waals surface area (Å²) in [6.45, 7) is 4.25. The lowest BCUT2D eigenvalue weighted by atomic mass is 10.0. The molecule has 0 aromatic rings. The van der Waals surface area contributed by atoms with Crippen molar-refractivity contribution in [2.24, 2.45) is 10.3 Å². The second-order valence-corrected chi connectivity index (χ2v) is 4.01. The summed E-state index contributed by atoms with van der Waals surface area (Å²) in [6, 6.07) is 0. The van der Waals surface area contributed by atoms with E-state index in [0.717, 1.165) is 38.5 Å².